The molecule has 1 aromatic carbocycles. The molecule has 3 heterocycles. The first-order chi connectivity index (χ1) is 18.4. The molecule has 1 N–H and O–H groups in total. The van der Waals surface area contributed by atoms with Crippen LogP contribution >= 0.6 is 11.8 Å². The van der Waals surface area contributed by atoms with Crippen molar-refractivity contribution in [1.29, 1.82) is 0 Å². The lowest BCUT2D eigenvalue weighted by Gasteiger charge is -2.37. The Morgan fingerprint density at radius 3 is 2.53 bits per heavy atom. The summed E-state index contributed by atoms with van der Waals surface area (Å²) in [5.74, 6) is -1.20. The largest absolute Gasteiger partial charge is 0.396 e. The smallest absolute Gasteiger partial charge is 0.247 e. The molecule has 206 valence electrons. The third-order valence-electron chi connectivity index (χ3n) is 8.21. The predicted octanol–water partition coefficient (Wildman–Crippen LogP) is 3.88. The van der Waals surface area contributed by atoms with Gasteiger partial charge in [-0.05, 0) is 44.2 Å². The maximum atomic E-state index is 14.2. The summed E-state index contributed by atoms with van der Waals surface area (Å²) in [6.45, 7) is 11.7. The van der Waals surface area contributed by atoms with Crippen LogP contribution in [0.25, 0.3) is 0 Å². The number of benzene rings is 1. The van der Waals surface area contributed by atoms with Crippen LogP contribution in [-0.2, 0) is 14.4 Å². The number of carbonyl (C=O) groups excluding carboxylic acids is 3. The van der Waals surface area contributed by atoms with Gasteiger partial charge in [-0.2, -0.15) is 0 Å². The Hall–Kier alpha value is -2.58. The second-order valence-electron chi connectivity index (χ2n) is 10.5. The van der Waals surface area contributed by atoms with Crippen molar-refractivity contribution in [1.82, 2.24) is 9.80 Å². The first-order valence-corrected chi connectivity index (χ1v) is 14.8. The topological polar surface area (TPSA) is 81.2 Å². The fourth-order valence-electron chi connectivity index (χ4n) is 6.56. The van der Waals surface area contributed by atoms with E-state index in [9.17, 15) is 19.5 Å². The fraction of sp³-hybridized carbons (Fsp3) is 0.567. The minimum atomic E-state index is -0.611. The van der Waals surface area contributed by atoms with Crippen LogP contribution in [0.15, 0.2) is 55.6 Å². The number of aliphatic hydroxyl groups excluding tert-OH is 1. The van der Waals surface area contributed by atoms with Gasteiger partial charge >= 0.3 is 0 Å². The summed E-state index contributed by atoms with van der Waals surface area (Å²) < 4.78 is -0.611. The van der Waals surface area contributed by atoms with Crippen molar-refractivity contribution < 1.29 is 19.5 Å². The van der Waals surface area contributed by atoms with E-state index in [-0.39, 0.29) is 29.6 Å². The van der Waals surface area contributed by atoms with Gasteiger partial charge in [0.2, 0.25) is 17.7 Å². The molecule has 38 heavy (non-hydrogen) atoms. The monoisotopic (exact) mass is 539 g/mol. The van der Waals surface area contributed by atoms with Crippen LogP contribution in [0.5, 0.6) is 0 Å². The van der Waals surface area contributed by atoms with Crippen molar-refractivity contribution in [3.8, 4) is 0 Å². The van der Waals surface area contributed by atoms with Gasteiger partial charge in [0.15, 0.2) is 0 Å². The van der Waals surface area contributed by atoms with Crippen LogP contribution in [-0.4, -0.2) is 81.5 Å². The summed E-state index contributed by atoms with van der Waals surface area (Å²) in [4.78, 5) is 47.9. The number of para-hydroxylation sites is 1. The van der Waals surface area contributed by atoms with Crippen LogP contribution in [0.1, 0.15) is 45.4 Å². The van der Waals surface area contributed by atoms with Crippen molar-refractivity contribution in [3.05, 3.63) is 55.6 Å². The summed E-state index contributed by atoms with van der Waals surface area (Å²) in [5.41, 5.74) is 0.786. The Morgan fingerprint density at radius 2 is 1.87 bits per heavy atom. The number of unbranched alkanes of at least 4 members (excludes halogenated alkanes) is 2. The molecular weight excluding hydrogens is 498 g/mol. The molecule has 3 aliphatic heterocycles. The van der Waals surface area contributed by atoms with Crippen LogP contribution in [0, 0.1) is 11.8 Å². The van der Waals surface area contributed by atoms with Crippen molar-refractivity contribution >= 4 is 35.2 Å². The van der Waals surface area contributed by atoms with Crippen LogP contribution in [0.4, 0.5) is 5.69 Å². The number of anilines is 1. The molecule has 0 aliphatic carbocycles. The number of likely N-dealkylation sites (tertiary alicyclic amines) is 1. The number of amides is 3. The molecule has 3 aliphatic rings. The molecule has 1 aromatic rings. The first kappa shape index (κ1) is 28.4. The molecule has 3 amide bonds. The average Bonchev–Trinajstić information content (AvgIpc) is 3.57. The van der Waals surface area contributed by atoms with E-state index in [1.54, 1.807) is 33.7 Å². The first-order valence-electron chi connectivity index (χ1n) is 13.9. The Labute approximate surface area is 230 Å². The average molecular weight is 540 g/mol. The molecule has 3 fully saturated rings. The number of carbonyl (C=O) groups is 3. The summed E-state index contributed by atoms with van der Waals surface area (Å²) in [6.07, 6.45) is 8.04. The Bertz CT molecular complexity index is 1030. The number of nitrogens with zero attached hydrogens (tertiary/aromatic N) is 3. The highest BCUT2D eigenvalue weighted by atomic mass is 32.2. The summed E-state index contributed by atoms with van der Waals surface area (Å²) in [7, 11) is 0. The lowest BCUT2D eigenvalue weighted by atomic mass is 9.70. The van der Waals surface area contributed by atoms with Gasteiger partial charge < -0.3 is 19.8 Å². The molecule has 0 radical (unpaired) electrons. The van der Waals surface area contributed by atoms with Gasteiger partial charge in [0.1, 0.15) is 6.04 Å². The van der Waals surface area contributed by atoms with E-state index >= 15 is 0 Å². The highest BCUT2D eigenvalue weighted by Gasteiger charge is 2.74. The Morgan fingerprint density at radius 1 is 1.13 bits per heavy atom. The van der Waals surface area contributed by atoms with Crippen molar-refractivity contribution in [2.24, 2.45) is 11.8 Å². The summed E-state index contributed by atoms with van der Waals surface area (Å²) in [5, 5.41) is 9.39. The van der Waals surface area contributed by atoms with Gasteiger partial charge in [0.25, 0.3) is 0 Å². The third kappa shape index (κ3) is 5.05. The number of aliphatic hydroxyl groups is 1. The third-order valence-corrected chi connectivity index (χ3v) is 10.2. The number of hydrogen-bond acceptors (Lipinski definition) is 5. The van der Waals surface area contributed by atoms with E-state index in [4.69, 9.17) is 0 Å². The molecule has 4 rings (SSSR count). The van der Waals surface area contributed by atoms with E-state index in [1.807, 2.05) is 35.2 Å². The number of fused-ring (bicyclic) bond motifs is 1. The second kappa shape index (κ2) is 12.5. The van der Waals surface area contributed by atoms with Gasteiger partial charge in [-0.15, -0.1) is 24.9 Å². The molecular formula is C30H41N3O4S. The van der Waals surface area contributed by atoms with Gasteiger partial charge in [-0.25, -0.2) is 0 Å². The normalized spacial score (nSPS) is 27.3. The zero-order chi connectivity index (χ0) is 27.3. The molecule has 8 heteroatoms. The van der Waals surface area contributed by atoms with E-state index < -0.39 is 22.6 Å². The van der Waals surface area contributed by atoms with Crippen molar-refractivity contribution in [3.63, 3.8) is 0 Å². The minimum Gasteiger partial charge on any atom is -0.396 e. The Kier molecular flexibility index (Phi) is 9.36. The number of rotatable bonds is 14. The summed E-state index contributed by atoms with van der Waals surface area (Å²) in [6, 6.07) is 8.92. The lowest BCUT2D eigenvalue weighted by Crippen LogP contribution is -2.55. The fourth-order valence-corrected chi connectivity index (χ4v) is 8.76. The van der Waals surface area contributed by atoms with Gasteiger partial charge in [-0.1, -0.05) is 43.7 Å². The van der Waals surface area contributed by atoms with Crippen LogP contribution < -0.4 is 4.90 Å². The van der Waals surface area contributed by atoms with Crippen LogP contribution in [0.2, 0.25) is 0 Å². The van der Waals surface area contributed by atoms with Gasteiger partial charge in [0.05, 0.1) is 16.6 Å². The molecule has 1 spiro atoms. The lowest BCUT2D eigenvalue weighted by molar-refractivity contribution is -0.142. The second-order valence-corrected chi connectivity index (χ2v) is 12.1. The number of hydrogen-bond donors (Lipinski definition) is 1. The highest BCUT2D eigenvalue weighted by Crippen LogP contribution is 2.66. The molecule has 5 atom stereocenters. The molecule has 0 saturated carbocycles. The SMILES string of the molecule is C=CCN(CCCC)C(=O)C1N(CCCCO)C(=O)[C@@H]2[C@@H](C(=O)N(CC=C)c3ccccc3)[C@H]3CCC12S3. The molecule has 3 saturated heterocycles. The van der Waals surface area contributed by atoms with E-state index in [0.29, 0.717) is 39.0 Å². The van der Waals surface area contributed by atoms with Crippen molar-refractivity contribution in [2.45, 2.75) is 61.5 Å². The zero-order valence-corrected chi connectivity index (χ0v) is 23.3. The van der Waals surface area contributed by atoms with Crippen LogP contribution in [0.3, 0.4) is 0 Å². The standard InChI is InChI=1S/C30H41N3O4S/c1-4-7-19-31(17-5-2)29(37)26-30-16-15-23(38-30)24(25(30)28(36)33(26)20-11-12-21-34)27(35)32(18-6-3)22-13-9-8-10-14-22/h5-6,8-10,13-14,23-26,34H,2-4,7,11-12,15-21H2,1H3/t23-,24+,25+,26?,30?/m1/s1. The van der Waals surface area contributed by atoms with Crippen molar-refractivity contribution in [2.75, 3.05) is 37.7 Å². The molecule has 0 aromatic heterocycles. The molecule has 2 unspecified atom stereocenters. The highest BCUT2D eigenvalue weighted by molar-refractivity contribution is 8.02. The number of thioether (sulfide) groups is 1. The molecule has 2 bridgehead atoms. The Balaban J connectivity index is 1.71. The van der Waals surface area contributed by atoms with Gasteiger partial charge in [-0.3, -0.25) is 14.4 Å². The van der Waals surface area contributed by atoms with Gasteiger partial charge in [0, 0.05) is 43.7 Å². The minimum absolute atomic E-state index is 0.00543. The van der Waals surface area contributed by atoms with E-state index in [2.05, 4.69) is 20.1 Å². The quantitative estimate of drug-likeness (QED) is 0.287. The maximum Gasteiger partial charge on any atom is 0.247 e. The maximum absolute atomic E-state index is 14.2. The van der Waals surface area contributed by atoms with E-state index in [0.717, 1.165) is 31.4 Å². The van der Waals surface area contributed by atoms with E-state index in [1.165, 1.54) is 0 Å². The predicted molar refractivity (Wildman–Crippen MR) is 153 cm³/mol. The molecule has 7 nitrogen and oxygen atoms in total. The summed E-state index contributed by atoms with van der Waals surface area (Å²) >= 11 is 1.70. The zero-order valence-electron chi connectivity index (χ0n) is 22.5.